The lowest BCUT2D eigenvalue weighted by atomic mass is 9.95. The van der Waals surface area contributed by atoms with Crippen molar-refractivity contribution in [3.8, 4) is 28.7 Å². The van der Waals surface area contributed by atoms with E-state index in [9.17, 15) is 20.1 Å². The monoisotopic (exact) mass is 380 g/mol. The molecule has 3 aromatic rings. The first-order valence-electron chi connectivity index (χ1n) is 8.62. The Morgan fingerprint density at radius 1 is 0.750 bits per heavy atom. The fraction of sp³-hybridized carbons (Fsp3) is 0.136. The van der Waals surface area contributed by atoms with Crippen molar-refractivity contribution in [1.82, 2.24) is 0 Å². The first-order chi connectivity index (χ1) is 13.2. The number of phenolic OH excluding ortho intramolecular Hbond substituents is 5. The zero-order valence-electron chi connectivity index (χ0n) is 15.1. The third kappa shape index (κ3) is 4.01. The highest BCUT2D eigenvalue weighted by Crippen LogP contribution is 2.40. The molecule has 0 bridgehead atoms. The van der Waals surface area contributed by atoms with Gasteiger partial charge in [0.25, 0.3) is 0 Å². The summed E-state index contributed by atoms with van der Waals surface area (Å²) in [5.41, 5.74) is 2.59. The number of carbonyl (C=O) groups excluding carboxylic acids is 1. The minimum Gasteiger partial charge on any atom is -0.508 e. The van der Waals surface area contributed by atoms with Crippen LogP contribution in [0.4, 0.5) is 0 Å². The summed E-state index contributed by atoms with van der Waals surface area (Å²) in [5, 5.41) is 46.2. The van der Waals surface area contributed by atoms with E-state index in [1.165, 1.54) is 30.3 Å². The number of phenols is 5. The van der Waals surface area contributed by atoms with E-state index in [0.717, 1.165) is 11.1 Å². The van der Waals surface area contributed by atoms with E-state index < -0.39 is 0 Å². The zero-order chi connectivity index (χ0) is 20.4. The Labute approximate surface area is 161 Å². The molecule has 6 nitrogen and oxygen atoms in total. The van der Waals surface area contributed by atoms with Crippen molar-refractivity contribution in [3.05, 3.63) is 76.9 Å². The highest BCUT2D eigenvalue weighted by atomic mass is 16.3. The van der Waals surface area contributed by atoms with E-state index in [2.05, 4.69) is 0 Å². The summed E-state index contributed by atoms with van der Waals surface area (Å²) in [6.45, 7) is 1.80. The standard InChI is InChI=1S/C15H12O4.C7H8O2/c16-9-3-1-8(2-4-9)11-7-12-13(15(11)19)5-10(17)6-14(12)18;1-5-2-6(8)4-7(9)3-5/h1-6,11,16-18H,7H2;2-4,8-9H,1H3/t11-;/m1./s1. The fourth-order valence-corrected chi connectivity index (χ4v) is 3.28. The molecule has 0 radical (unpaired) electrons. The normalized spacial score (nSPS) is 14.9. The summed E-state index contributed by atoms with van der Waals surface area (Å²) in [6, 6.07) is 13.5. The lowest BCUT2D eigenvalue weighted by molar-refractivity contribution is 0.0972. The number of aromatic hydroxyl groups is 5. The van der Waals surface area contributed by atoms with Crippen LogP contribution in [0, 0.1) is 6.92 Å². The molecule has 0 saturated heterocycles. The van der Waals surface area contributed by atoms with Gasteiger partial charge in [0.05, 0.1) is 5.92 Å². The Kier molecular flexibility index (Phi) is 5.13. The summed E-state index contributed by atoms with van der Waals surface area (Å²) >= 11 is 0. The molecule has 0 aromatic heterocycles. The van der Waals surface area contributed by atoms with Gasteiger partial charge in [0.15, 0.2) is 5.78 Å². The van der Waals surface area contributed by atoms with Gasteiger partial charge < -0.3 is 25.5 Å². The third-order valence-corrected chi connectivity index (χ3v) is 4.54. The van der Waals surface area contributed by atoms with Crippen LogP contribution in [-0.4, -0.2) is 31.3 Å². The lowest BCUT2D eigenvalue weighted by Crippen LogP contribution is -2.06. The van der Waals surface area contributed by atoms with E-state index >= 15 is 0 Å². The molecule has 5 N–H and O–H groups in total. The highest BCUT2D eigenvalue weighted by Gasteiger charge is 2.34. The second-order valence-corrected chi connectivity index (χ2v) is 6.73. The van der Waals surface area contributed by atoms with Gasteiger partial charge in [0.1, 0.15) is 28.7 Å². The summed E-state index contributed by atoms with van der Waals surface area (Å²) < 4.78 is 0. The van der Waals surface area contributed by atoms with Crippen LogP contribution in [0.15, 0.2) is 54.6 Å². The molecule has 4 rings (SSSR count). The minimum absolute atomic E-state index is 0.0513. The first-order valence-corrected chi connectivity index (χ1v) is 8.62. The molecule has 28 heavy (non-hydrogen) atoms. The predicted molar refractivity (Wildman–Crippen MR) is 103 cm³/mol. The maximum Gasteiger partial charge on any atom is 0.171 e. The second kappa shape index (κ2) is 7.52. The molecule has 1 atom stereocenters. The number of fused-ring (bicyclic) bond motifs is 1. The van der Waals surface area contributed by atoms with E-state index in [4.69, 9.17) is 10.2 Å². The van der Waals surface area contributed by atoms with Crippen LogP contribution in [0.2, 0.25) is 0 Å². The Balaban J connectivity index is 0.000000211. The van der Waals surface area contributed by atoms with Crippen molar-refractivity contribution in [2.75, 3.05) is 0 Å². The van der Waals surface area contributed by atoms with Gasteiger partial charge in [-0.15, -0.1) is 0 Å². The van der Waals surface area contributed by atoms with E-state index in [1.54, 1.807) is 31.2 Å². The van der Waals surface area contributed by atoms with Gasteiger partial charge >= 0.3 is 0 Å². The Morgan fingerprint density at radius 2 is 1.32 bits per heavy atom. The largest absolute Gasteiger partial charge is 0.508 e. The van der Waals surface area contributed by atoms with Gasteiger partial charge in [0.2, 0.25) is 0 Å². The van der Waals surface area contributed by atoms with Gasteiger partial charge in [0, 0.05) is 23.3 Å². The van der Waals surface area contributed by atoms with E-state index in [0.29, 0.717) is 17.5 Å². The van der Waals surface area contributed by atoms with Crippen LogP contribution in [-0.2, 0) is 6.42 Å². The molecule has 0 unspecified atom stereocenters. The number of rotatable bonds is 1. The maximum absolute atomic E-state index is 12.3. The van der Waals surface area contributed by atoms with Crippen molar-refractivity contribution < 1.29 is 30.3 Å². The van der Waals surface area contributed by atoms with Crippen molar-refractivity contribution in [3.63, 3.8) is 0 Å². The number of benzene rings is 3. The smallest absolute Gasteiger partial charge is 0.171 e. The topological polar surface area (TPSA) is 118 Å². The number of hydrogen-bond donors (Lipinski definition) is 5. The van der Waals surface area contributed by atoms with Crippen LogP contribution in [0.1, 0.15) is 33.0 Å². The van der Waals surface area contributed by atoms with Gasteiger partial charge in [-0.2, -0.15) is 0 Å². The van der Waals surface area contributed by atoms with Crippen LogP contribution >= 0.6 is 0 Å². The molecule has 0 aliphatic heterocycles. The third-order valence-electron chi connectivity index (χ3n) is 4.54. The van der Waals surface area contributed by atoms with Crippen molar-refractivity contribution >= 4 is 5.78 Å². The molecule has 1 aliphatic rings. The van der Waals surface area contributed by atoms with Crippen LogP contribution in [0.3, 0.4) is 0 Å². The molecule has 144 valence electrons. The molecule has 3 aromatic carbocycles. The molecule has 6 heteroatoms. The quantitative estimate of drug-likeness (QED) is 0.439. The van der Waals surface area contributed by atoms with E-state index in [-0.39, 0.29) is 40.4 Å². The molecule has 1 aliphatic carbocycles. The van der Waals surface area contributed by atoms with E-state index in [1.807, 2.05) is 0 Å². The van der Waals surface area contributed by atoms with Crippen molar-refractivity contribution in [2.45, 2.75) is 19.3 Å². The number of aryl methyl sites for hydroxylation is 1. The molecule has 0 fully saturated rings. The van der Waals surface area contributed by atoms with Crippen LogP contribution in [0.25, 0.3) is 0 Å². The van der Waals surface area contributed by atoms with Gasteiger partial charge in [-0.05, 0) is 54.8 Å². The molecular weight excluding hydrogens is 360 g/mol. The molecule has 0 spiro atoms. The summed E-state index contributed by atoms with van der Waals surface area (Å²) in [4.78, 5) is 12.3. The average Bonchev–Trinajstić information content (AvgIpc) is 2.92. The average molecular weight is 380 g/mol. The minimum atomic E-state index is -0.372. The lowest BCUT2D eigenvalue weighted by Gasteiger charge is -2.07. The number of Topliss-reactive ketones (excluding diaryl/α,β-unsaturated/α-hetero) is 1. The number of hydrogen-bond acceptors (Lipinski definition) is 6. The summed E-state index contributed by atoms with van der Waals surface area (Å²) in [5.74, 6) is -0.303. The number of ketones is 1. The Morgan fingerprint density at radius 3 is 1.89 bits per heavy atom. The molecular formula is C22H20O6. The molecule has 0 heterocycles. The fourth-order valence-electron chi connectivity index (χ4n) is 3.28. The SMILES string of the molecule is Cc1cc(O)cc(O)c1.O=C1c2cc(O)cc(O)c2C[C@@H]1c1ccc(O)cc1. The number of carbonyl (C=O) groups is 1. The molecule has 0 saturated carbocycles. The van der Waals surface area contributed by atoms with Crippen molar-refractivity contribution in [2.24, 2.45) is 0 Å². The van der Waals surface area contributed by atoms with Gasteiger partial charge in [-0.1, -0.05) is 12.1 Å². The van der Waals surface area contributed by atoms with Crippen LogP contribution < -0.4 is 0 Å². The van der Waals surface area contributed by atoms with Crippen LogP contribution in [0.5, 0.6) is 28.7 Å². The predicted octanol–water partition coefficient (Wildman–Crippen LogP) is 3.73. The summed E-state index contributed by atoms with van der Waals surface area (Å²) in [6.07, 6.45) is 0.408. The Bertz CT molecular complexity index is 973. The van der Waals surface area contributed by atoms with Gasteiger partial charge in [-0.3, -0.25) is 4.79 Å². The highest BCUT2D eigenvalue weighted by molar-refractivity contribution is 6.06. The van der Waals surface area contributed by atoms with Gasteiger partial charge in [-0.25, -0.2) is 0 Å². The Hall–Kier alpha value is -3.67. The maximum atomic E-state index is 12.3. The molecule has 0 amide bonds. The zero-order valence-corrected chi connectivity index (χ0v) is 15.1. The summed E-state index contributed by atoms with van der Waals surface area (Å²) in [7, 11) is 0. The second-order valence-electron chi connectivity index (χ2n) is 6.73. The van der Waals surface area contributed by atoms with Crippen molar-refractivity contribution in [1.29, 1.82) is 0 Å². The first kappa shape index (κ1) is 19.1.